The molecule has 0 aromatic carbocycles. The van der Waals surface area contributed by atoms with E-state index >= 15 is 0 Å². The third-order valence-corrected chi connectivity index (χ3v) is 3.52. The van der Waals surface area contributed by atoms with E-state index in [-0.39, 0.29) is 5.91 Å². The topological polar surface area (TPSA) is 76.8 Å². The number of carbonyl (C=O) groups is 1. The van der Waals surface area contributed by atoms with Crippen LogP contribution in [0.25, 0.3) is 0 Å². The molecule has 0 aliphatic carbocycles. The maximum atomic E-state index is 12.5. The summed E-state index contributed by atoms with van der Waals surface area (Å²) in [5, 5.41) is 7.23. The van der Waals surface area contributed by atoms with Crippen molar-refractivity contribution in [3.8, 4) is 0 Å². The summed E-state index contributed by atoms with van der Waals surface area (Å²) in [6, 6.07) is 1.98. The number of hydrogen-bond acceptors (Lipinski definition) is 6. The van der Waals surface area contributed by atoms with Gasteiger partial charge in [-0.05, 0) is 19.4 Å². The highest BCUT2D eigenvalue weighted by molar-refractivity contribution is 5.92. The van der Waals surface area contributed by atoms with Crippen LogP contribution in [0.1, 0.15) is 29.1 Å². The normalized spacial score (nSPS) is 18.1. The molecule has 1 atom stereocenters. The number of hydrogen-bond donors (Lipinski definition) is 1. The lowest BCUT2D eigenvalue weighted by Gasteiger charge is -2.24. The van der Waals surface area contributed by atoms with Crippen molar-refractivity contribution in [2.45, 2.75) is 25.5 Å². The molecule has 7 nitrogen and oxygen atoms in total. The van der Waals surface area contributed by atoms with Crippen LogP contribution in [-0.4, -0.2) is 62.5 Å². The molecule has 7 heteroatoms. The number of aromatic nitrogens is 1. The number of rotatable bonds is 8. The lowest BCUT2D eigenvalue weighted by atomic mass is 10.2. The minimum Gasteiger partial charge on any atom is -0.383 e. The fraction of sp³-hybridized carbons (Fsp3) is 0.714. The maximum Gasteiger partial charge on any atom is 0.276 e. The summed E-state index contributed by atoms with van der Waals surface area (Å²) < 4.78 is 15.1. The van der Waals surface area contributed by atoms with Crippen LogP contribution in [0, 0.1) is 0 Å². The van der Waals surface area contributed by atoms with Gasteiger partial charge in [0.15, 0.2) is 11.5 Å². The molecule has 2 rings (SSSR count). The zero-order chi connectivity index (χ0) is 15.1. The Bertz CT molecular complexity index is 443. The van der Waals surface area contributed by atoms with Crippen molar-refractivity contribution in [1.82, 2.24) is 15.4 Å². The van der Waals surface area contributed by atoms with Gasteiger partial charge in [-0.3, -0.25) is 4.79 Å². The minimum atomic E-state index is -0.133. The van der Waals surface area contributed by atoms with E-state index in [2.05, 4.69) is 10.5 Å². The Kier molecular flexibility index (Phi) is 6.16. The van der Waals surface area contributed by atoms with Crippen LogP contribution >= 0.6 is 0 Å². The van der Waals surface area contributed by atoms with Crippen LogP contribution in [0.3, 0.4) is 0 Å². The summed E-state index contributed by atoms with van der Waals surface area (Å²) in [6.07, 6.45) is 2.24. The highest BCUT2D eigenvalue weighted by Crippen LogP contribution is 2.12. The van der Waals surface area contributed by atoms with Crippen molar-refractivity contribution < 1.29 is 18.8 Å². The summed E-state index contributed by atoms with van der Waals surface area (Å²) in [5.74, 6) is 0.415. The zero-order valence-electron chi connectivity index (χ0n) is 12.6. The second kappa shape index (κ2) is 8.11. The van der Waals surface area contributed by atoms with Crippen molar-refractivity contribution >= 4 is 5.91 Å². The lowest BCUT2D eigenvalue weighted by Crippen LogP contribution is -2.42. The first-order valence-corrected chi connectivity index (χ1v) is 7.20. The van der Waals surface area contributed by atoms with Crippen molar-refractivity contribution in [2.75, 3.05) is 40.5 Å². The van der Waals surface area contributed by atoms with Gasteiger partial charge >= 0.3 is 0 Å². The molecule has 1 aliphatic heterocycles. The van der Waals surface area contributed by atoms with Crippen LogP contribution in [0.15, 0.2) is 10.6 Å². The molecule has 0 radical (unpaired) electrons. The Morgan fingerprint density at radius 1 is 1.52 bits per heavy atom. The second-order valence-electron chi connectivity index (χ2n) is 5.15. The summed E-state index contributed by atoms with van der Waals surface area (Å²) in [4.78, 5) is 14.3. The number of amides is 1. The van der Waals surface area contributed by atoms with E-state index in [1.807, 2.05) is 0 Å². The van der Waals surface area contributed by atoms with Gasteiger partial charge in [-0.1, -0.05) is 5.16 Å². The fourth-order valence-electron chi connectivity index (χ4n) is 2.44. The smallest absolute Gasteiger partial charge is 0.276 e. The van der Waals surface area contributed by atoms with Crippen LogP contribution < -0.4 is 5.32 Å². The monoisotopic (exact) mass is 297 g/mol. The molecule has 0 spiro atoms. The predicted molar refractivity (Wildman–Crippen MR) is 76.0 cm³/mol. The van der Waals surface area contributed by atoms with Gasteiger partial charge in [0, 0.05) is 39.4 Å². The lowest BCUT2D eigenvalue weighted by molar-refractivity contribution is 0.0668. The summed E-state index contributed by atoms with van der Waals surface area (Å²) in [5.41, 5.74) is 0.316. The van der Waals surface area contributed by atoms with Gasteiger partial charge < -0.3 is 24.2 Å². The first kappa shape index (κ1) is 15.9. The average Bonchev–Trinajstić information content (AvgIpc) is 3.14. The van der Waals surface area contributed by atoms with Gasteiger partial charge in [-0.15, -0.1) is 0 Å². The largest absolute Gasteiger partial charge is 0.383 e. The molecule has 1 saturated heterocycles. The SMILES string of the molecule is COCCN(CC1CCCN1)C(=O)c1cc(COC)on1. The molecule has 1 aromatic rings. The Balaban J connectivity index is 2.00. The van der Waals surface area contributed by atoms with Crippen LogP contribution in [0.5, 0.6) is 0 Å². The molecule has 1 fully saturated rings. The van der Waals surface area contributed by atoms with Gasteiger partial charge in [0.2, 0.25) is 0 Å². The molecular weight excluding hydrogens is 274 g/mol. The Morgan fingerprint density at radius 2 is 2.38 bits per heavy atom. The molecule has 1 aliphatic rings. The van der Waals surface area contributed by atoms with E-state index in [1.165, 1.54) is 0 Å². The van der Waals surface area contributed by atoms with E-state index in [1.54, 1.807) is 25.2 Å². The van der Waals surface area contributed by atoms with E-state index in [0.29, 0.717) is 43.8 Å². The number of ether oxygens (including phenoxy) is 2. The van der Waals surface area contributed by atoms with Gasteiger partial charge in [-0.2, -0.15) is 0 Å². The number of methoxy groups -OCH3 is 2. The fourth-order valence-corrected chi connectivity index (χ4v) is 2.44. The Labute approximate surface area is 124 Å². The summed E-state index contributed by atoms with van der Waals surface area (Å²) in [6.45, 7) is 3.03. The van der Waals surface area contributed by atoms with Gasteiger partial charge in [0.1, 0.15) is 6.61 Å². The average molecular weight is 297 g/mol. The van der Waals surface area contributed by atoms with Crippen LogP contribution in [0.2, 0.25) is 0 Å². The highest BCUT2D eigenvalue weighted by Gasteiger charge is 2.24. The van der Waals surface area contributed by atoms with Crippen molar-refractivity contribution in [3.05, 3.63) is 17.5 Å². The Hall–Kier alpha value is -1.44. The molecule has 1 N–H and O–H groups in total. The summed E-state index contributed by atoms with van der Waals surface area (Å²) in [7, 11) is 3.20. The molecule has 1 aromatic heterocycles. The standard InChI is InChI=1S/C14H23N3O4/c1-19-7-6-17(9-11-4-3-5-15-11)14(18)13-8-12(10-20-2)21-16-13/h8,11,15H,3-7,9-10H2,1-2H3. The van der Waals surface area contributed by atoms with E-state index in [0.717, 1.165) is 19.4 Å². The summed E-state index contributed by atoms with van der Waals surface area (Å²) >= 11 is 0. The van der Waals surface area contributed by atoms with Gasteiger partial charge in [0.25, 0.3) is 5.91 Å². The van der Waals surface area contributed by atoms with Gasteiger partial charge in [0.05, 0.1) is 6.61 Å². The molecule has 118 valence electrons. The van der Waals surface area contributed by atoms with E-state index in [4.69, 9.17) is 14.0 Å². The predicted octanol–water partition coefficient (Wildman–Crippen LogP) is 0.662. The van der Waals surface area contributed by atoms with E-state index < -0.39 is 0 Å². The van der Waals surface area contributed by atoms with E-state index in [9.17, 15) is 4.79 Å². The molecule has 21 heavy (non-hydrogen) atoms. The zero-order valence-corrected chi connectivity index (χ0v) is 12.6. The van der Waals surface area contributed by atoms with Gasteiger partial charge in [-0.25, -0.2) is 0 Å². The molecule has 1 unspecified atom stereocenters. The maximum absolute atomic E-state index is 12.5. The minimum absolute atomic E-state index is 0.133. The molecule has 1 amide bonds. The van der Waals surface area contributed by atoms with Crippen LogP contribution in [0.4, 0.5) is 0 Å². The quantitative estimate of drug-likeness (QED) is 0.759. The molecule has 0 saturated carbocycles. The van der Waals surface area contributed by atoms with Crippen molar-refractivity contribution in [3.63, 3.8) is 0 Å². The third-order valence-electron chi connectivity index (χ3n) is 3.52. The highest BCUT2D eigenvalue weighted by atomic mass is 16.5. The first-order chi connectivity index (χ1) is 10.2. The Morgan fingerprint density at radius 3 is 3.05 bits per heavy atom. The van der Waals surface area contributed by atoms with Crippen molar-refractivity contribution in [1.29, 1.82) is 0 Å². The second-order valence-corrected chi connectivity index (χ2v) is 5.15. The molecular formula is C14H23N3O4. The number of carbonyl (C=O) groups excluding carboxylic acids is 1. The van der Waals surface area contributed by atoms with Crippen LogP contribution in [-0.2, 0) is 16.1 Å². The van der Waals surface area contributed by atoms with Crippen molar-refractivity contribution in [2.24, 2.45) is 0 Å². The number of nitrogens with zero attached hydrogens (tertiary/aromatic N) is 2. The number of nitrogens with one attached hydrogen (secondary N) is 1. The first-order valence-electron chi connectivity index (χ1n) is 7.20. The molecule has 2 heterocycles. The third kappa shape index (κ3) is 4.52. The molecule has 0 bridgehead atoms.